The van der Waals surface area contributed by atoms with Gasteiger partial charge < -0.3 is 9.84 Å². The molecule has 178 valence electrons. The van der Waals surface area contributed by atoms with Crippen LogP contribution in [0.4, 0.5) is 0 Å². The summed E-state index contributed by atoms with van der Waals surface area (Å²) < 4.78 is 8.35. The number of hydrogen-bond acceptors (Lipinski definition) is 4. The Bertz CT molecular complexity index is 1140. The highest BCUT2D eigenvalue weighted by atomic mass is 35.5. The van der Waals surface area contributed by atoms with Crippen LogP contribution in [0.5, 0.6) is 5.88 Å². The highest BCUT2D eigenvalue weighted by molar-refractivity contribution is 6.30. The molecule has 2 aliphatic rings. The molecular formula is C27H30ClN3O3. The first kappa shape index (κ1) is 22.9. The second kappa shape index (κ2) is 10.2. The number of aromatic carboxylic acids is 1. The average molecular weight is 480 g/mol. The number of halogens is 1. The molecule has 3 aromatic rings. The van der Waals surface area contributed by atoms with E-state index in [1.54, 1.807) is 12.1 Å². The van der Waals surface area contributed by atoms with Gasteiger partial charge in [0.25, 0.3) is 0 Å². The Labute approximate surface area is 204 Å². The summed E-state index contributed by atoms with van der Waals surface area (Å²) in [7, 11) is 0. The zero-order valence-corrected chi connectivity index (χ0v) is 20.0. The van der Waals surface area contributed by atoms with Crippen molar-refractivity contribution in [1.82, 2.24) is 14.8 Å². The number of aryl methyl sites for hydroxylation is 1. The summed E-state index contributed by atoms with van der Waals surface area (Å²) in [5, 5.41) is 15.0. The largest absolute Gasteiger partial charge is 0.478 e. The number of benzene rings is 1. The topological polar surface area (TPSA) is 77.2 Å². The molecule has 1 N–H and O–H groups in total. The lowest BCUT2D eigenvalue weighted by Crippen LogP contribution is -2.26. The van der Waals surface area contributed by atoms with Gasteiger partial charge in [-0.3, -0.25) is 0 Å². The predicted octanol–water partition coefficient (Wildman–Crippen LogP) is 6.24. The van der Waals surface area contributed by atoms with Crippen molar-refractivity contribution in [3.8, 4) is 11.6 Å². The molecule has 7 heteroatoms. The standard InChI is InChI=1S/C27H30ClN3O3/c28-20-11-13-21(14-12-20)31-26(22-8-4-5-9-24(22)30-31)23(18-6-2-1-3-7-18)17-34-25-15-10-19(16-29-25)27(32)33/h10-16,18,23H,1-9,17H2,(H,32,33). The fourth-order valence-electron chi connectivity index (χ4n) is 5.48. The first-order chi connectivity index (χ1) is 16.6. The molecule has 2 heterocycles. The normalized spacial score (nSPS) is 17.2. The quantitative estimate of drug-likeness (QED) is 0.434. The van der Waals surface area contributed by atoms with Gasteiger partial charge in [0.15, 0.2) is 0 Å². The fraction of sp³-hybridized carbons (Fsp3) is 0.444. The minimum absolute atomic E-state index is 0.158. The van der Waals surface area contributed by atoms with E-state index in [0.29, 0.717) is 23.4 Å². The molecule has 2 aliphatic carbocycles. The Kier molecular flexibility index (Phi) is 6.86. The van der Waals surface area contributed by atoms with Crippen molar-refractivity contribution in [3.05, 3.63) is 70.1 Å². The minimum atomic E-state index is -0.988. The van der Waals surface area contributed by atoms with Gasteiger partial charge in [-0.05, 0) is 80.3 Å². The third-order valence-corrected chi connectivity index (χ3v) is 7.48. The highest BCUT2D eigenvalue weighted by Gasteiger charge is 2.33. The molecule has 6 nitrogen and oxygen atoms in total. The van der Waals surface area contributed by atoms with Crippen molar-refractivity contribution in [2.24, 2.45) is 5.92 Å². The van der Waals surface area contributed by atoms with E-state index in [2.05, 4.69) is 9.67 Å². The van der Waals surface area contributed by atoms with Crippen LogP contribution in [0.25, 0.3) is 5.69 Å². The third kappa shape index (κ3) is 4.83. The molecule has 0 spiro atoms. The van der Waals surface area contributed by atoms with Crippen LogP contribution in [0.3, 0.4) is 0 Å². The SMILES string of the molecule is O=C(O)c1ccc(OCC(c2c3c(nn2-c2ccc(Cl)cc2)CCCC3)C2CCCCC2)nc1. The van der Waals surface area contributed by atoms with Gasteiger partial charge in [0.2, 0.25) is 5.88 Å². The number of ether oxygens (including phenoxy) is 1. The van der Waals surface area contributed by atoms with Crippen molar-refractivity contribution in [3.63, 3.8) is 0 Å². The molecule has 1 fully saturated rings. The molecule has 0 amide bonds. The number of nitrogens with zero attached hydrogens (tertiary/aromatic N) is 3. The maximum atomic E-state index is 11.2. The zero-order chi connectivity index (χ0) is 23.5. The Morgan fingerprint density at radius 3 is 2.53 bits per heavy atom. The van der Waals surface area contributed by atoms with E-state index in [9.17, 15) is 4.79 Å². The summed E-state index contributed by atoms with van der Waals surface area (Å²) in [5.41, 5.74) is 5.05. The predicted molar refractivity (Wildman–Crippen MR) is 131 cm³/mol. The average Bonchev–Trinajstić information content (AvgIpc) is 3.25. The number of carboxylic acid groups (broad SMARTS) is 1. The van der Waals surface area contributed by atoms with E-state index < -0.39 is 5.97 Å². The van der Waals surface area contributed by atoms with Gasteiger partial charge in [0.05, 0.1) is 29.2 Å². The number of rotatable bonds is 7. The lowest BCUT2D eigenvalue weighted by atomic mass is 9.77. The van der Waals surface area contributed by atoms with Gasteiger partial charge in [0, 0.05) is 23.2 Å². The summed E-state index contributed by atoms with van der Waals surface area (Å²) in [5.74, 6) is 0.168. The van der Waals surface area contributed by atoms with Gasteiger partial charge in [0.1, 0.15) is 0 Å². The Hall–Kier alpha value is -2.86. The maximum Gasteiger partial charge on any atom is 0.337 e. The first-order valence-electron chi connectivity index (χ1n) is 12.3. The van der Waals surface area contributed by atoms with E-state index in [4.69, 9.17) is 26.5 Å². The van der Waals surface area contributed by atoms with Crippen molar-refractivity contribution in [1.29, 1.82) is 0 Å². The van der Waals surface area contributed by atoms with Crippen molar-refractivity contribution in [2.75, 3.05) is 6.61 Å². The van der Waals surface area contributed by atoms with Crippen LogP contribution in [0.2, 0.25) is 5.02 Å². The number of fused-ring (bicyclic) bond motifs is 1. The van der Waals surface area contributed by atoms with Crippen LogP contribution in [-0.2, 0) is 12.8 Å². The molecule has 0 bridgehead atoms. The van der Waals surface area contributed by atoms with Crippen LogP contribution in [0.15, 0.2) is 42.6 Å². The first-order valence-corrected chi connectivity index (χ1v) is 12.7. The lowest BCUT2D eigenvalue weighted by molar-refractivity contribution is 0.0696. The summed E-state index contributed by atoms with van der Waals surface area (Å²) in [6.07, 6.45) is 11.9. The van der Waals surface area contributed by atoms with Crippen LogP contribution >= 0.6 is 11.6 Å². The van der Waals surface area contributed by atoms with Crippen LogP contribution in [0, 0.1) is 5.92 Å². The third-order valence-electron chi connectivity index (χ3n) is 7.23. The molecule has 34 heavy (non-hydrogen) atoms. The molecule has 1 atom stereocenters. The smallest absolute Gasteiger partial charge is 0.337 e. The van der Waals surface area contributed by atoms with Crippen LogP contribution < -0.4 is 4.74 Å². The number of pyridine rings is 1. The van der Waals surface area contributed by atoms with Crippen LogP contribution in [-0.4, -0.2) is 32.4 Å². The van der Waals surface area contributed by atoms with Crippen molar-refractivity contribution < 1.29 is 14.6 Å². The Morgan fingerprint density at radius 2 is 1.82 bits per heavy atom. The van der Waals surface area contributed by atoms with E-state index in [1.165, 1.54) is 68.1 Å². The van der Waals surface area contributed by atoms with Gasteiger partial charge in [-0.2, -0.15) is 5.10 Å². The number of hydrogen-bond donors (Lipinski definition) is 1. The fourth-order valence-corrected chi connectivity index (χ4v) is 5.61. The van der Waals surface area contributed by atoms with Crippen LogP contribution in [0.1, 0.15) is 78.2 Å². The molecule has 2 aromatic heterocycles. The second-order valence-electron chi connectivity index (χ2n) is 9.41. The van der Waals surface area contributed by atoms with Gasteiger partial charge in [-0.1, -0.05) is 30.9 Å². The molecule has 5 rings (SSSR count). The molecule has 0 aliphatic heterocycles. The number of carbonyl (C=O) groups is 1. The van der Waals surface area contributed by atoms with Gasteiger partial charge in [-0.25, -0.2) is 14.5 Å². The summed E-state index contributed by atoms with van der Waals surface area (Å²) in [6.45, 7) is 0.496. The second-order valence-corrected chi connectivity index (χ2v) is 9.85. The molecule has 1 aromatic carbocycles. The molecule has 0 radical (unpaired) electrons. The minimum Gasteiger partial charge on any atom is -0.478 e. The summed E-state index contributed by atoms with van der Waals surface area (Å²) in [4.78, 5) is 15.4. The van der Waals surface area contributed by atoms with Gasteiger partial charge in [-0.15, -0.1) is 0 Å². The zero-order valence-electron chi connectivity index (χ0n) is 19.3. The summed E-state index contributed by atoms with van der Waals surface area (Å²) >= 11 is 6.18. The van der Waals surface area contributed by atoms with Gasteiger partial charge >= 0.3 is 5.97 Å². The summed E-state index contributed by atoms with van der Waals surface area (Å²) in [6, 6.07) is 11.1. The monoisotopic (exact) mass is 479 g/mol. The lowest BCUT2D eigenvalue weighted by Gasteiger charge is -2.31. The van der Waals surface area contributed by atoms with Crippen molar-refractivity contribution in [2.45, 2.75) is 63.7 Å². The van der Waals surface area contributed by atoms with E-state index in [1.807, 2.05) is 24.3 Å². The Balaban J connectivity index is 1.52. The molecule has 0 saturated heterocycles. The Morgan fingerprint density at radius 1 is 1.06 bits per heavy atom. The maximum absolute atomic E-state index is 11.2. The van der Waals surface area contributed by atoms with E-state index in [-0.39, 0.29) is 11.5 Å². The van der Waals surface area contributed by atoms with Crippen molar-refractivity contribution >= 4 is 17.6 Å². The molecule has 1 unspecified atom stereocenters. The number of carboxylic acids is 1. The highest BCUT2D eigenvalue weighted by Crippen LogP contribution is 2.41. The van der Waals surface area contributed by atoms with E-state index in [0.717, 1.165) is 18.5 Å². The van der Waals surface area contributed by atoms with E-state index >= 15 is 0 Å². The molecular weight excluding hydrogens is 450 g/mol. The molecule has 1 saturated carbocycles. The number of aromatic nitrogens is 3.